The first-order valence-corrected chi connectivity index (χ1v) is 8.68. The van der Waals surface area contributed by atoms with Crippen molar-refractivity contribution in [3.8, 4) is 11.1 Å². The van der Waals surface area contributed by atoms with E-state index in [0.29, 0.717) is 0 Å². The predicted octanol–water partition coefficient (Wildman–Crippen LogP) is 6.18. The first-order valence-electron chi connectivity index (χ1n) is 8.68. The third-order valence-corrected chi connectivity index (χ3v) is 5.35. The molecule has 1 saturated carbocycles. The van der Waals surface area contributed by atoms with Crippen LogP contribution >= 0.6 is 0 Å². The van der Waals surface area contributed by atoms with Crippen LogP contribution in [0.2, 0.25) is 0 Å². The summed E-state index contributed by atoms with van der Waals surface area (Å²) in [5, 5.41) is 0. The van der Waals surface area contributed by atoms with Gasteiger partial charge in [-0.2, -0.15) is 0 Å². The second-order valence-electron chi connectivity index (χ2n) is 7.08. The topological polar surface area (TPSA) is 0 Å². The normalized spacial score (nSPS) is 16.8. The molecule has 0 spiro atoms. The summed E-state index contributed by atoms with van der Waals surface area (Å²) in [5.74, 6) is 0.948. The monoisotopic (exact) mass is 378 g/mol. The molecule has 2 aromatic rings. The van der Waals surface area contributed by atoms with Gasteiger partial charge in [0.1, 0.15) is 0 Å². The number of benzene rings is 2. The Morgan fingerprint density at radius 1 is 0.957 bits per heavy atom. The fourth-order valence-electron chi connectivity index (χ4n) is 4.14. The van der Waals surface area contributed by atoms with E-state index in [-0.39, 0.29) is 26.2 Å². The third-order valence-electron chi connectivity index (χ3n) is 5.35. The van der Waals surface area contributed by atoms with E-state index in [1.165, 1.54) is 66.3 Å². The average molecular weight is 380 g/mol. The molecule has 0 nitrogen and oxygen atoms in total. The third kappa shape index (κ3) is 3.61. The summed E-state index contributed by atoms with van der Waals surface area (Å²) in [6, 6.07) is 15.8. The van der Waals surface area contributed by atoms with Gasteiger partial charge in [0.05, 0.1) is 0 Å². The van der Waals surface area contributed by atoms with E-state index < -0.39 is 0 Å². The number of fused-ring (bicyclic) bond motifs is 1. The van der Waals surface area contributed by atoms with Crippen LogP contribution in [0, 0.1) is 12.8 Å². The smallest absolute Gasteiger partial charge is 0 e. The van der Waals surface area contributed by atoms with Gasteiger partial charge in [0.15, 0.2) is 0 Å². The molecule has 4 rings (SSSR count). The van der Waals surface area contributed by atoms with E-state index in [0.717, 1.165) is 5.92 Å². The molecule has 0 heterocycles. The quantitative estimate of drug-likeness (QED) is 0.597. The van der Waals surface area contributed by atoms with Gasteiger partial charge in [-0.1, -0.05) is 85.4 Å². The first-order chi connectivity index (χ1) is 10.8. The van der Waals surface area contributed by atoms with Crippen LogP contribution in [0.1, 0.15) is 48.8 Å². The molecule has 0 radical (unpaired) electrons. The zero-order valence-electron chi connectivity index (χ0n) is 13.9. The summed E-state index contributed by atoms with van der Waals surface area (Å²) in [7, 11) is 0. The van der Waals surface area contributed by atoms with Crippen LogP contribution in [-0.2, 0) is 32.6 Å². The first kappa shape index (κ1) is 16.9. The Morgan fingerprint density at radius 3 is 2.43 bits per heavy atom. The van der Waals surface area contributed by atoms with Crippen molar-refractivity contribution in [2.75, 3.05) is 0 Å². The minimum Gasteiger partial charge on any atom is -0.0649 e. The largest absolute Gasteiger partial charge is 0.0649 e. The molecule has 0 amide bonds. The van der Waals surface area contributed by atoms with Crippen LogP contribution in [0.3, 0.4) is 0 Å². The minimum absolute atomic E-state index is 0. The van der Waals surface area contributed by atoms with E-state index in [9.17, 15) is 0 Å². The Balaban J connectivity index is 0.00000156. The Labute approximate surface area is 159 Å². The molecule has 2 aliphatic rings. The average Bonchev–Trinajstić information content (AvgIpc) is 3.17. The van der Waals surface area contributed by atoms with Crippen molar-refractivity contribution < 1.29 is 26.2 Å². The number of hydrogen-bond acceptors (Lipinski definition) is 0. The zero-order valence-corrected chi connectivity index (χ0v) is 16.4. The summed E-state index contributed by atoms with van der Waals surface area (Å²) in [4.78, 5) is 0. The van der Waals surface area contributed by atoms with Gasteiger partial charge < -0.3 is 0 Å². The molecule has 0 unspecified atom stereocenters. The van der Waals surface area contributed by atoms with Crippen molar-refractivity contribution in [3.05, 3.63) is 64.7 Å². The molecule has 1 heteroatoms. The molecule has 0 saturated heterocycles. The number of rotatable bonds is 3. The molecule has 23 heavy (non-hydrogen) atoms. The van der Waals surface area contributed by atoms with Crippen LogP contribution < -0.4 is 0 Å². The van der Waals surface area contributed by atoms with Gasteiger partial charge >= 0.3 is 0 Å². The van der Waals surface area contributed by atoms with E-state index in [2.05, 4.69) is 55.5 Å². The maximum atomic E-state index is 2.49. The summed E-state index contributed by atoms with van der Waals surface area (Å²) in [6.45, 7) is 2.15. The maximum Gasteiger partial charge on any atom is 0 e. The van der Waals surface area contributed by atoms with Gasteiger partial charge in [0, 0.05) is 26.2 Å². The van der Waals surface area contributed by atoms with Crippen molar-refractivity contribution in [1.82, 2.24) is 0 Å². The second kappa shape index (κ2) is 7.31. The number of hydrogen-bond donors (Lipinski definition) is 0. The minimum atomic E-state index is 0. The summed E-state index contributed by atoms with van der Waals surface area (Å²) in [5.41, 5.74) is 8.72. The molecule has 1 fully saturated rings. The van der Waals surface area contributed by atoms with Crippen LogP contribution in [0.5, 0.6) is 0 Å². The van der Waals surface area contributed by atoms with E-state index in [1.807, 2.05) is 0 Å². The molecule has 0 aromatic heterocycles. The maximum absolute atomic E-state index is 2.49. The predicted molar refractivity (Wildman–Crippen MR) is 94.9 cm³/mol. The molecule has 2 aliphatic carbocycles. The molecule has 0 aliphatic heterocycles. The van der Waals surface area contributed by atoms with Gasteiger partial charge in [-0.05, 0) is 47.9 Å². The molecule has 2 aromatic carbocycles. The van der Waals surface area contributed by atoms with Gasteiger partial charge in [0.2, 0.25) is 0 Å². The number of allylic oxidation sites excluding steroid dienone is 1. The SMILES string of the molecule is Cc1ccc(-c2cccc3c2C=C(CC2CCCC2)C3)cc1.[Zr]. The molecule has 116 valence electrons. The van der Waals surface area contributed by atoms with Crippen LogP contribution in [-0.4, -0.2) is 0 Å². The Morgan fingerprint density at radius 2 is 1.70 bits per heavy atom. The van der Waals surface area contributed by atoms with Crippen LogP contribution in [0.15, 0.2) is 48.0 Å². The number of aryl methyl sites for hydroxylation is 1. The van der Waals surface area contributed by atoms with Gasteiger partial charge in [-0.25, -0.2) is 0 Å². The van der Waals surface area contributed by atoms with Crippen molar-refractivity contribution >= 4 is 6.08 Å². The van der Waals surface area contributed by atoms with Crippen molar-refractivity contribution in [1.29, 1.82) is 0 Å². The fourth-order valence-corrected chi connectivity index (χ4v) is 4.14. The Kier molecular flexibility index (Phi) is 5.37. The Bertz CT molecular complexity index is 703. The molecule has 0 bridgehead atoms. The summed E-state index contributed by atoms with van der Waals surface area (Å²) in [6.07, 6.45) is 10.8. The van der Waals surface area contributed by atoms with E-state index in [1.54, 1.807) is 5.57 Å². The van der Waals surface area contributed by atoms with Crippen molar-refractivity contribution in [2.24, 2.45) is 5.92 Å². The Hall–Kier alpha value is -0.937. The molecule has 0 N–H and O–H groups in total. The van der Waals surface area contributed by atoms with E-state index >= 15 is 0 Å². The molecular weight excluding hydrogens is 355 g/mol. The van der Waals surface area contributed by atoms with Crippen molar-refractivity contribution in [3.63, 3.8) is 0 Å². The van der Waals surface area contributed by atoms with Gasteiger partial charge in [0.25, 0.3) is 0 Å². The fraction of sp³-hybridized carbons (Fsp3) is 0.364. The second-order valence-corrected chi connectivity index (χ2v) is 7.08. The summed E-state index contributed by atoms with van der Waals surface area (Å²) < 4.78 is 0. The molecular formula is C22H24Zr. The molecule has 0 atom stereocenters. The van der Waals surface area contributed by atoms with Gasteiger partial charge in [-0.15, -0.1) is 0 Å². The van der Waals surface area contributed by atoms with Crippen LogP contribution in [0.4, 0.5) is 0 Å². The summed E-state index contributed by atoms with van der Waals surface area (Å²) >= 11 is 0. The van der Waals surface area contributed by atoms with Crippen molar-refractivity contribution in [2.45, 2.75) is 45.4 Å². The zero-order chi connectivity index (χ0) is 14.9. The standard InChI is InChI=1S/C22H24.Zr/c1-16-9-11-19(12-10-16)21-8-4-7-20-14-18(15-22(20)21)13-17-5-2-3-6-17;/h4,7-12,15,17H,2-3,5-6,13-14H2,1H3;. The van der Waals surface area contributed by atoms with Gasteiger partial charge in [-0.3, -0.25) is 0 Å². The van der Waals surface area contributed by atoms with E-state index in [4.69, 9.17) is 0 Å². The van der Waals surface area contributed by atoms with Crippen LogP contribution in [0.25, 0.3) is 17.2 Å².